The van der Waals surface area contributed by atoms with Gasteiger partial charge < -0.3 is 19.9 Å². The Morgan fingerprint density at radius 2 is 1.96 bits per heavy atom. The van der Waals surface area contributed by atoms with E-state index in [1.54, 1.807) is 13.3 Å². The predicted octanol–water partition coefficient (Wildman–Crippen LogP) is 3.41. The molecule has 2 aromatic rings. The number of hydrogen-bond donors (Lipinski definition) is 1. The van der Waals surface area contributed by atoms with Crippen molar-refractivity contribution < 1.29 is 4.74 Å². The van der Waals surface area contributed by atoms with Crippen molar-refractivity contribution in [3.63, 3.8) is 0 Å². The van der Waals surface area contributed by atoms with Crippen LogP contribution in [0.15, 0.2) is 48.8 Å². The third-order valence-electron chi connectivity index (χ3n) is 4.03. The van der Waals surface area contributed by atoms with Crippen LogP contribution >= 0.6 is 12.2 Å². The molecule has 25 heavy (non-hydrogen) atoms. The standard InChI is InChI=1S/C19H26N4OS/c1-15(16-8-7-11-20-14-16)23(13-12-22(2)3)19(25)21-17-9-5-6-10-18(17)24-4/h5-11,14-15H,12-13H2,1-4H3,(H,21,25)/t15-/m1/s1. The van der Waals surface area contributed by atoms with Crippen molar-refractivity contribution >= 4 is 23.0 Å². The monoisotopic (exact) mass is 358 g/mol. The molecule has 0 saturated heterocycles. The van der Waals surface area contributed by atoms with Gasteiger partial charge in [0.15, 0.2) is 5.11 Å². The SMILES string of the molecule is COc1ccccc1NC(=S)N(CCN(C)C)[C@H](C)c1cccnc1. The van der Waals surface area contributed by atoms with Gasteiger partial charge in [-0.3, -0.25) is 4.98 Å². The highest BCUT2D eigenvalue weighted by Crippen LogP contribution is 2.25. The zero-order chi connectivity index (χ0) is 18.2. The lowest BCUT2D eigenvalue weighted by Gasteiger charge is -2.33. The van der Waals surface area contributed by atoms with Gasteiger partial charge in [-0.25, -0.2) is 0 Å². The van der Waals surface area contributed by atoms with Crippen LogP contribution in [-0.4, -0.2) is 54.2 Å². The molecule has 0 fully saturated rings. The van der Waals surface area contributed by atoms with Gasteiger partial charge in [0.1, 0.15) is 5.75 Å². The molecule has 0 radical (unpaired) electrons. The largest absolute Gasteiger partial charge is 0.495 e. The number of anilines is 1. The van der Waals surface area contributed by atoms with E-state index in [-0.39, 0.29) is 6.04 Å². The number of hydrogen-bond acceptors (Lipinski definition) is 4. The molecule has 1 N–H and O–H groups in total. The summed E-state index contributed by atoms with van der Waals surface area (Å²) in [5.41, 5.74) is 1.99. The van der Waals surface area contributed by atoms with Gasteiger partial charge in [-0.15, -0.1) is 0 Å². The van der Waals surface area contributed by atoms with E-state index < -0.39 is 0 Å². The lowest BCUT2D eigenvalue weighted by molar-refractivity contribution is 0.289. The quantitative estimate of drug-likeness (QED) is 0.765. The van der Waals surface area contributed by atoms with Gasteiger partial charge in [0, 0.05) is 25.5 Å². The molecule has 0 bridgehead atoms. The summed E-state index contributed by atoms with van der Waals surface area (Å²) in [5, 5.41) is 4.00. The van der Waals surface area contributed by atoms with Crippen LogP contribution in [0, 0.1) is 0 Å². The van der Waals surface area contributed by atoms with Crippen LogP contribution in [0.2, 0.25) is 0 Å². The van der Waals surface area contributed by atoms with Gasteiger partial charge in [-0.05, 0) is 57.0 Å². The van der Waals surface area contributed by atoms with Crippen molar-refractivity contribution in [1.29, 1.82) is 0 Å². The molecule has 0 amide bonds. The highest BCUT2D eigenvalue weighted by molar-refractivity contribution is 7.80. The minimum Gasteiger partial charge on any atom is -0.495 e. The summed E-state index contributed by atoms with van der Waals surface area (Å²) in [6.07, 6.45) is 3.67. The summed E-state index contributed by atoms with van der Waals surface area (Å²) in [4.78, 5) is 8.56. The number of ether oxygens (including phenoxy) is 1. The van der Waals surface area contributed by atoms with Gasteiger partial charge in [-0.1, -0.05) is 18.2 Å². The Kier molecular flexibility index (Phi) is 7.16. The van der Waals surface area contributed by atoms with Gasteiger partial charge >= 0.3 is 0 Å². The first-order valence-corrected chi connectivity index (χ1v) is 8.69. The van der Waals surface area contributed by atoms with Crippen LogP contribution in [0.3, 0.4) is 0 Å². The van der Waals surface area contributed by atoms with Crippen molar-refractivity contribution in [2.45, 2.75) is 13.0 Å². The molecule has 1 heterocycles. The zero-order valence-corrected chi connectivity index (χ0v) is 16.1. The van der Waals surface area contributed by atoms with Crippen LogP contribution in [0.25, 0.3) is 0 Å². The highest BCUT2D eigenvalue weighted by Gasteiger charge is 2.20. The maximum absolute atomic E-state index is 5.71. The molecule has 1 atom stereocenters. The van der Waals surface area contributed by atoms with E-state index in [0.29, 0.717) is 5.11 Å². The average Bonchev–Trinajstić information content (AvgIpc) is 2.62. The molecule has 134 valence electrons. The lowest BCUT2D eigenvalue weighted by atomic mass is 10.1. The van der Waals surface area contributed by atoms with E-state index in [1.165, 1.54) is 0 Å². The van der Waals surface area contributed by atoms with Gasteiger partial charge in [0.2, 0.25) is 0 Å². The fraction of sp³-hybridized carbons (Fsp3) is 0.368. The summed E-state index contributed by atoms with van der Waals surface area (Å²) >= 11 is 5.71. The normalized spacial score (nSPS) is 11.9. The summed E-state index contributed by atoms with van der Waals surface area (Å²) in [6, 6.07) is 11.9. The summed E-state index contributed by atoms with van der Waals surface area (Å²) in [7, 11) is 5.78. The van der Waals surface area contributed by atoms with Crippen LogP contribution in [0.4, 0.5) is 5.69 Å². The van der Waals surface area contributed by atoms with Gasteiger partial charge in [0.25, 0.3) is 0 Å². The minimum absolute atomic E-state index is 0.114. The maximum atomic E-state index is 5.71. The van der Waals surface area contributed by atoms with E-state index in [2.05, 4.69) is 47.2 Å². The van der Waals surface area contributed by atoms with Crippen molar-refractivity contribution in [2.24, 2.45) is 0 Å². The lowest BCUT2D eigenvalue weighted by Crippen LogP contribution is -2.41. The predicted molar refractivity (Wildman–Crippen MR) is 107 cm³/mol. The number of rotatable bonds is 7. The molecule has 1 aromatic heterocycles. The van der Waals surface area contributed by atoms with E-state index in [0.717, 1.165) is 30.1 Å². The van der Waals surface area contributed by atoms with Crippen molar-refractivity contribution in [1.82, 2.24) is 14.8 Å². The van der Waals surface area contributed by atoms with Gasteiger partial charge in [0.05, 0.1) is 18.8 Å². The van der Waals surface area contributed by atoms with Crippen molar-refractivity contribution in [3.8, 4) is 5.75 Å². The van der Waals surface area contributed by atoms with Gasteiger partial charge in [-0.2, -0.15) is 0 Å². The highest BCUT2D eigenvalue weighted by atomic mass is 32.1. The second kappa shape index (κ2) is 9.34. The first-order valence-electron chi connectivity index (χ1n) is 8.28. The first-order chi connectivity index (χ1) is 12.0. The molecule has 0 aliphatic heterocycles. The third-order valence-corrected chi connectivity index (χ3v) is 4.37. The smallest absolute Gasteiger partial charge is 0.174 e. The molecular formula is C19H26N4OS. The van der Waals surface area contributed by atoms with Crippen LogP contribution in [0.5, 0.6) is 5.75 Å². The Bertz CT molecular complexity index is 678. The molecule has 1 aromatic carbocycles. The van der Waals surface area contributed by atoms with E-state index in [1.807, 2.05) is 36.5 Å². The number of pyridine rings is 1. The Morgan fingerprint density at radius 1 is 1.20 bits per heavy atom. The molecule has 0 aliphatic carbocycles. The molecule has 0 saturated carbocycles. The number of methoxy groups -OCH3 is 1. The Morgan fingerprint density at radius 3 is 2.60 bits per heavy atom. The number of aromatic nitrogens is 1. The Balaban J connectivity index is 2.20. The molecule has 0 unspecified atom stereocenters. The topological polar surface area (TPSA) is 40.6 Å². The van der Waals surface area contributed by atoms with Crippen molar-refractivity contribution in [2.75, 3.05) is 39.6 Å². The summed E-state index contributed by atoms with van der Waals surface area (Å²) < 4.78 is 5.41. The second-order valence-corrected chi connectivity index (χ2v) is 6.48. The Hall–Kier alpha value is -2.18. The minimum atomic E-state index is 0.114. The fourth-order valence-corrected chi connectivity index (χ4v) is 2.88. The molecule has 2 rings (SSSR count). The molecule has 6 heteroatoms. The number of nitrogens with one attached hydrogen (secondary N) is 1. The van der Waals surface area contributed by atoms with E-state index >= 15 is 0 Å². The molecule has 5 nitrogen and oxygen atoms in total. The van der Waals surface area contributed by atoms with Crippen molar-refractivity contribution in [3.05, 3.63) is 54.4 Å². The molecular weight excluding hydrogens is 332 g/mol. The summed E-state index contributed by atoms with van der Waals surface area (Å²) in [5.74, 6) is 0.770. The third kappa shape index (κ3) is 5.41. The number of para-hydroxylation sites is 2. The fourth-order valence-electron chi connectivity index (χ4n) is 2.52. The number of nitrogens with zero attached hydrogens (tertiary/aromatic N) is 3. The maximum Gasteiger partial charge on any atom is 0.174 e. The zero-order valence-electron chi connectivity index (χ0n) is 15.3. The van der Waals surface area contributed by atoms with E-state index in [9.17, 15) is 0 Å². The average molecular weight is 359 g/mol. The van der Waals surface area contributed by atoms with Crippen LogP contribution in [-0.2, 0) is 0 Å². The first kappa shape index (κ1) is 19.1. The molecule has 0 spiro atoms. The van der Waals surface area contributed by atoms with Crippen LogP contribution < -0.4 is 10.1 Å². The molecule has 0 aliphatic rings. The Labute approximate surface area is 155 Å². The van der Waals surface area contributed by atoms with E-state index in [4.69, 9.17) is 17.0 Å². The number of thiocarbonyl (C=S) groups is 1. The summed E-state index contributed by atoms with van der Waals surface area (Å²) in [6.45, 7) is 3.85. The number of likely N-dealkylation sites (N-methyl/N-ethyl adjacent to an activating group) is 1. The van der Waals surface area contributed by atoms with Crippen LogP contribution in [0.1, 0.15) is 18.5 Å². The second-order valence-electron chi connectivity index (χ2n) is 6.09. The number of benzene rings is 1.